The fraction of sp³-hybridized carbons (Fsp3) is 0.897. The Morgan fingerprint density at radius 1 is 1.09 bits per heavy atom. The molecule has 0 radical (unpaired) electrons. The van der Waals surface area contributed by atoms with Crippen LogP contribution < -0.4 is 0 Å². The Balaban J connectivity index is 1.45. The third-order valence-corrected chi connectivity index (χ3v) is 11.1. The van der Waals surface area contributed by atoms with Crippen LogP contribution in [0.4, 0.5) is 0 Å². The summed E-state index contributed by atoms with van der Waals surface area (Å²) in [5, 5.41) is 0.307. The lowest BCUT2D eigenvalue weighted by molar-refractivity contribution is -0.148. The molecule has 0 heterocycles. The second kappa shape index (κ2) is 9.74. The summed E-state index contributed by atoms with van der Waals surface area (Å²) >= 11 is 3.24. The van der Waals surface area contributed by atoms with Crippen LogP contribution in [0.2, 0.25) is 0 Å². The van der Waals surface area contributed by atoms with Crippen LogP contribution in [0.5, 0.6) is 0 Å². The Kier molecular flexibility index (Phi) is 7.55. The molecule has 8 atom stereocenters. The SMILES string of the molecule is CC(C)CCC[C@H](C)[C@@H]1CC[C@@H]2[C@H]3CC=C4C[C@@H](OC(=O)CBr)CC[C@]4(C)[C@@H]3CC[C@]21C. The molecule has 4 aliphatic carbocycles. The Labute approximate surface area is 205 Å². The molecule has 2 nitrogen and oxygen atoms in total. The number of ether oxygens (including phenoxy) is 1. The van der Waals surface area contributed by atoms with Crippen molar-refractivity contribution in [3.63, 3.8) is 0 Å². The second-order valence-corrected chi connectivity index (χ2v) is 13.3. The van der Waals surface area contributed by atoms with Crippen molar-refractivity contribution in [2.45, 2.75) is 111 Å². The minimum absolute atomic E-state index is 0.0901. The van der Waals surface area contributed by atoms with Crippen LogP contribution in [0.3, 0.4) is 0 Å². The molecule has 32 heavy (non-hydrogen) atoms. The van der Waals surface area contributed by atoms with Crippen molar-refractivity contribution in [1.29, 1.82) is 0 Å². The first kappa shape index (κ1) is 24.8. The molecule has 3 saturated carbocycles. The van der Waals surface area contributed by atoms with Crippen LogP contribution in [0, 0.1) is 46.3 Å². The zero-order valence-electron chi connectivity index (χ0n) is 21.3. The molecule has 0 N–H and O–H groups in total. The first-order chi connectivity index (χ1) is 15.2. The first-order valence-electron chi connectivity index (χ1n) is 13.6. The molecule has 0 aromatic heterocycles. The average Bonchev–Trinajstić information content (AvgIpc) is 3.11. The van der Waals surface area contributed by atoms with Crippen molar-refractivity contribution in [2.24, 2.45) is 46.3 Å². The van der Waals surface area contributed by atoms with Crippen molar-refractivity contribution in [1.82, 2.24) is 0 Å². The Morgan fingerprint density at radius 2 is 1.88 bits per heavy atom. The molecule has 3 heteroatoms. The van der Waals surface area contributed by atoms with Gasteiger partial charge in [0.1, 0.15) is 11.4 Å². The van der Waals surface area contributed by atoms with Gasteiger partial charge in [-0.2, -0.15) is 0 Å². The highest BCUT2D eigenvalue weighted by molar-refractivity contribution is 9.09. The molecule has 4 rings (SSSR count). The number of alkyl halides is 1. The Bertz CT molecular complexity index is 714. The molecule has 182 valence electrons. The van der Waals surface area contributed by atoms with E-state index in [0.717, 1.165) is 48.3 Å². The standard InChI is InChI=1S/C29H47BrO2/c1-19(2)7-6-8-20(3)24-11-12-25-23-10-9-21-17-22(32-27(31)18-30)13-15-28(21,4)26(23)14-16-29(24,25)5/h9,19-20,22-26H,6-8,10-18H2,1-5H3/t20-,22-,23+,24-,25+,26+,28-,29-/m0/s1. The van der Waals surface area contributed by atoms with Gasteiger partial charge in [0, 0.05) is 6.42 Å². The maximum absolute atomic E-state index is 11.8. The summed E-state index contributed by atoms with van der Waals surface area (Å²) in [4.78, 5) is 11.8. The van der Waals surface area contributed by atoms with E-state index in [1.807, 2.05) is 0 Å². The molecule has 0 unspecified atom stereocenters. The molecule has 4 aliphatic rings. The molecular formula is C29H47BrO2. The maximum atomic E-state index is 11.8. The number of esters is 1. The maximum Gasteiger partial charge on any atom is 0.316 e. The largest absolute Gasteiger partial charge is 0.461 e. The molecular weight excluding hydrogens is 460 g/mol. The van der Waals surface area contributed by atoms with Gasteiger partial charge in [-0.15, -0.1) is 0 Å². The zero-order valence-corrected chi connectivity index (χ0v) is 22.9. The van der Waals surface area contributed by atoms with Crippen LogP contribution >= 0.6 is 15.9 Å². The van der Waals surface area contributed by atoms with E-state index in [1.165, 1.54) is 57.8 Å². The molecule has 0 amide bonds. The van der Waals surface area contributed by atoms with Gasteiger partial charge in [-0.05, 0) is 91.3 Å². The number of rotatable bonds is 7. The summed E-state index contributed by atoms with van der Waals surface area (Å²) in [6, 6.07) is 0. The van der Waals surface area contributed by atoms with E-state index < -0.39 is 0 Å². The van der Waals surface area contributed by atoms with Gasteiger partial charge in [0.25, 0.3) is 0 Å². The van der Waals surface area contributed by atoms with Crippen LogP contribution in [-0.2, 0) is 9.53 Å². The van der Waals surface area contributed by atoms with E-state index in [4.69, 9.17) is 4.74 Å². The van der Waals surface area contributed by atoms with Gasteiger partial charge >= 0.3 is 5.97 Å². The highest BCUT2D eigenvalue weighted by Crippen LogP contribution is 2.67. The number of allylic oxidation sites excluding steroid dienone is 1. The van der Waals surface area contributed by atoms with Crippen molar-refractivity contribution in [3.05, 3.63) is 11.6 Å². The summed E-state index contributed by atoms with van der Waals surface area (Å²) in [7, 11) is 0. The highest BCUT2D eigenvalue weighted by atomic mass is 79.9. The summed E-state index contributed by atoms with van der Waals surface area (Å²) in [6.07, 6.45) is 17.1. The fourth-order valence-electron chi connectivity index (χ4n) is 8.97. The lowest BCUT2D eigenvalue weighted by Crippen LogP contribution is -2.51. The lowest BCUT2D eigenvalue weighted by atomic mass is 9.47. The number of carbonyl (C=O) groups excluding carboxylic acids is 1. The van der Waals surface area contributed by atoms with E-state index in [0.29, 0.717) is 16.2 Å². The van der Waals surface area contributed by atoms with Crippen LogP contribution in [0.1, 0.15) is 105 Å². The zero-order chi connectivity index (χ0) is 23.1. The molecule has 0 spiro atoms. The summed E-state index contributed by atoms with van der Waals surface area (Å²) in [5.74, 6) is 5.16. The van der Waals surface area contributed by atoms with Crippen LogP contribution in [0.15, 0.2) is 11.6 Å². The lowest BCUT2D eigenvalue weighted by Gasteiger charge is -2.58. The predicted molar refractivity (Wildman–Crippen MR) is 137 cm³/mol. The van der Waals surface area contributed by atoms with E-state index in [2.05, 4.69) is 56.6 Å². The van der Waals surface area contributed by atoms with Crippen molar-refractivity contribution < 1.29 is 9.53 Å². The van der Waals surface area contributed by atoms with Gasteiger partial charge in [-0.1, -0.05) is 81.5 Å². The number of hydrogen-bond acceptors (Lipinski definition) is 2. The number of fused-ring (bicyclic) bond motifs is 5. The third-order valence-electron chi connectivity index (χ3n) is 10.7. The Hall–Kier alpha value is -0.310. The van der Waals surface area contributed by atoms with Gasteiger partial charge in [0.15, 0.2) is 0 Å². The van der Waals surface area contributed by atoms with Gasteiger partial charge in [-0.3, -0.25) is 4.79 Å². The molecule has 0 aromatic carbocycles. The van der Waals surface area contributed by atoms with Gasteiger partial charge in [0.05, 0.1) is 0 Å². The summed E-state index contributed by atoms with van der Waals surface area (Å²) in [5.41, 5.74) is 2.50. The fourth-order valence-corrected chi connectivity index (χ4v) is 9.10. The normalized spacial score (nSPS) is 42.0. The second-order valence-electron chi connectivity index (χ2n) is 12.8. The number of carbonyl (C=O) groups is 1. The average molecular weight is 508 g/mol. The third kappa shape index (κ3) is 4.50. The topological polar surface area (TPSA) is 26.3 Å². The van der Waals surface area contributed by atoms with E-state index in [9.17, 15) is 4.79 Å². The van der Waals surface area contributed by atoms with Gasteiger partial charge in [-0.25, -0.2) is 0 Å². The molecule has 0 aliphatic heterocycles. The minimum Gasteiger partial charge on any atom is -0.461 e. The molecule has 0 saturated heterocycles. The number of hydrogen-bond donors (Lipinski definition) is 0. The van der Waals surface area contributed by atoms with Crippen molar-refractivity contribution in [2.75, 3.05) is 5.33 Å². The van der Waals surface area contributed by atoms with E-state index in [-0.39, 0.29) is 12.1 Å². The summed E-state index contributed by atoms with van der Waals surface area (Å²) < 4.78 is 5.72. The predicted octanol–water partition coefficient (Wildman–Crippen LogP) is 8.33. The van der Waals surface area contributed by atoms with E-state index >= 15 is 0 Å². The monoisotopic (exact) mass is 506 g/mol. The van der Waals surface area contributed by atoms with Crippen molar-refractivity contribution in [3.8, 4) is 0 Å². The molecule has 0 bridgehead atoms. The smallest absolute Gasteiger partial charge is 0.316 e. The quantitative estimate of drug-likeness (QED) is 0.197. The Morgan fingerprint density at radius 3 is 2.59 bits per heavy atom. The number of halogens is 1. The highest BCUT2D eigenvalue weighted by Gasteiger charge is 2.59. The molecule has 0 aromatic rings. The van der Waals surface area contributed by atoms with E-state index in [1.54, 1.807) is 5.57 Å². The van der Waals surface area contributed by atoms with Crippen molar-refractivity contribution >= 4 is 21.9 Å². The van der Waals surface area contributed by atoms with Crippen LogP contribution in [0.25, 0.3) is 0 Å². The molecule has 3 fully saturated rings. The first-order valence-corrected chi connectivity index (χ1v) is 14.8. The summed E-state index contributed by atoms with van der Waals surface area (Å²) in [6.45, 7) is 12.5. The van der Waals surface area contributed by atoms with Gasteiger partial charge < -0.3 is 4.74 Å². The van der Waals surface area contributed by atoms with Gasteiger partial charge in [0.2, 0.25) is 0 Å². The van der Waals surface area contributed by atoms with Crippen LogP contribution in [-0.4, -0.2) is 17.4 Å². The minimum atomic E-state index is -0.110.